The SMILES string of the molecule is CNC(=O)c1cnc(Nc2ccc(C(C)(F)F)cn2)cc1N[C@H]1CCCC1(C)F. The number of anilines is 3. The molecule has 1 aliphatic rings. The van der Waals surface area contributed by atoms with Crippen LogP contribution < -0.4 is 16.0 Å². The van der Waals surface area contributed by atoms with Gasteiger partial charge in [-0.2, -0.15) is 0 Å². The molecule has 29 heavy (non-hydrogen) atoms. The quantitative estimate of drug-likeness (QED) is 0.662. The van der Waals surface area contributed by atoms with Crippen LogP contribution in [0.2, 0.25) is 0 Å². The number of pyridine rings is 2. The first kappa shape index (κ1) is 20.9. The molecule has 2 aromatic rings. The number of amides is 1. The first-order valence-corrected chi connectivity index (χ1v) is 9.39. The Balaban J connectivity index is 1.85. The fourth-order valence-corrected chi connectivity index (χ4v) is 3.35. The van der Waals surface area contributed by atoms with Crippen molar-refractivity contribution >= 4 is 23.2 Å². The number of hydrogen-bond acceptors (Lipinski definition) is 5. The molecule has 0 spiro atoms. The predicted octanol–water partition coefficient (Wildman–Crippen LogP) is 4.38. The van der Waals surface area contributed by atoms with E-state index in [1.807, 2.05) is 0 Å². The molecule has 0 bridgehead atoms. The lowest BCUT2D eigenvalue weighted by Gasteiger charge is -2.26. The van der Waals surface area contributed by atoms with E-state index in [1.165, 1.54) is 25.4 Å². The summed E-state index contributed by atoms with van der Waals surface area (Å²) in [4.78, 5) is 20.4. The Bertz CT molecular complexity index is 881. The van der Waals surface area contributed by atoms with Crippen molar-refractivity contribution in [2.45, 2.75) is 50.7 Å². The van der Waals surface area contributed by atoms with Gasteiger partial charge in [0.15, 0.2) is 0 Å². The molecule has 1 fully saturated rings. The number of aromatic nitrogens is 2. The molecule has 2 aromatic heterocycles. The van der Waals surface area contributed by atoms with Gasteiger partial charge in [-0.15, -0.1) is 0 Å². The second kappa shape index (κ2) is 7.88. The van der Waals surface area contributed by atoms with E-state index in [2.05, 4.69) is 25.9 Å². The number of carbonyl (C=O) groups excluding carboxylic acids is 1. The summed E-state index contributed by atoms with van der Waals surface area (Å²) in [7, 11) is 1.50. The summed E-state index contributed by atoms with van der Waals surface area (Å²) in [5, 5.41) is 8.60. The minimum absolute atomic E-state index is 0.197. The number of hydrogen-bond donors (Lipinski definition) is 3. The van der Waals surface area contributed by atoms with Crippen LogP contribution in [0.3, 0.4) is 0 Å². The van der Waals surface area contributed by atoms with Gasteiger partial charge in [-0.05, 0) is 38.3 Å². The van der Waals surface area contributed by atoms with Crippen LogP contribution >= 0.6 is 0 Å². The highest BCUT2D eigenvalue weighted by molar-refractivity contribution is 5.99. The van der Waals surface area contributed by atoms with Crippen molar-refractivity contribution in [2.75, 3.05) is 17.7 Å². The second-order valence-electron chi connectivity index (χ2n) is 7.51. The van der Waals surface area contributed by atoms with Crippen LogP contribution in [-0.4, -0.2) is 34.6 Å². The largest absolute Gasteiger partial charge is 0.378 e. The Morgan fingerprint density at radius 1 is 1.24 bits per heavy atom. The number of halogens is 3. The summed E-state index contributed by atoms with van der Waals surface area (Å²) < 4.78 is 41.3. The van der Waals surface area contributed by atoms with Gasteiger partial charge >= 0.3 is 0 Å². The summed E-state index contributed by atoms with van der Waals surface area (Å²) in [5.41, 5.74) is -0.847. The van der Waals surface area contributed by atoms with E-state index >= 15 is 0 Å². The fourth-order valence-electron chi connectivity index (χ4n) is 3.35. The lowest BCUT2D eigenvalue weighted by Crippen LogP contribution is -2.36. The van der Waals surface area contributed by atoms with Gasteiger partial charge in [0.05, 0.1) is 17.3 Å². The average molecular weight is 407 g/mol. The number of rotatable bonds is 6. The van der Waals surface area contributed by atoms with Crippen LogP contribution in [0.5, 0.6) is 0 Å². The summed E-state index contributed by atoms with van der Waals surface area (Å²) in [6, 6.07) is 3.86. The van der Waals surface area contributed by atoms with Crippen molar-refractivity contribution in [1.82, 2.24) is 15.3 Å². The molecule has 0 radical (unpaired) electrons. The fraction of sp³-hybridized carbons (Fsp3) is 0.450. The lowest BCUT2D eigenvalue weighted by atomic mass is 10.0. The highest BCUT2D eigenvalue weighted by Gasteiger charge is 2.39. The number of carbonyl (C=O) groups is 1. The van der Waals surface area contributed by atoms with E-state index in [0.717, 1.165) is 19.5 Å². The topological polar surface area (TPSA) is 78.9 Å². The summed E-state index contributed by atoms with van der Waals surface area (Å²) in [6.45, 7) is 2.35. The van der Waals surface area contributed by atoms with E-state index in [-0.39, 0.29) is 17.0 Å². The van der Waals surface area contributed by atoms with Gasteiger partial charge in [0, 0.05) is 38.0 Å². The second-order valence-corrected chi connectivity index (χ2v) is 7.51. The maximum atomic E-state index is 14.7. The lowest BCUT2D eigenvalue weighted by molar-refractivity contribution is 0.0171. The van der Waals surface area contributed by atoms with Gasteiger partial charge in [-0.3, -0.25) is 4.79 Å². The van der Waals surface area contributed by atoms with Crippen LogP contribution in [-0.2, 0) is 5.92 Å². The van der Waals surface area contributed by atoms with E-state index in [0.29, 0.717) is 30.2 Å². The smallest absolute Gasteiger partial charge is 0.272 e. The van der Waals surface area contributed by atoms with Gasteiger partial charge < -0.3 is 16.0 Å². The predicted molar refractivity (Wildman–Crippen MR) is 105 cm³/mol. The Labute approximate surface area is 167 Å². The molecule has 156 valence electrons. The molecule has 3 rings (SSSR count). The van der Waals surface area contributed by atoms with Crippen molar-refractivity contribution in [3.8, 4) is 0 Å². The summed E-state index contributed by atoms with van der Waals surface area (Å²) in [6.07, 6.45) is 4.33. The Kier molecular flexibility index (Phi) is 5.68. The van der Waals surface area contributed by atoms with Crippen LogP contribution in [0.15, 0.2) is 30.6 Å². The van der Waals surface area contributed by atoms with Gasteiger partial charge in [0.25, 0.3) is 11.8 Å². The highest BCUT2D eigenvalue weighted by Crippen LogP contribution is 2.36. The normalized spacial score (nSPS) is 21.7. The molecule has 1 saturated carbocycles. The zero-order valence-electron chi connectivity index (χ0n) is 16.5. The monoisotopic (exact) mass is 407 g/mol. The Morgan fingerprint density at radius 2 is 1.97 bits per heavy atom. The standard InChI is InChI=1S/C20H24F3N5O/c1-19(21)8-4-5-15(19)27-14-9-17(26-11-13(14)18(29)24-3)28-16-7-6-12(10-25-16)20(2,22)23/h6-7,9-11,15H,4-5,8H2,1-3H3,(H,24,29)(H2,25,26,27,28)/t15-,19?/m0/s1. The van der Waals surface area contributed by atoms with E-state index in [9.17, 15) is 18.0 Å². The van der Waals surface area contributed by atoms with Crippen LogP contribution in [0, 0.1) is 0 Å². The van der Waals surface area contributed by atoms with Crippen LogP contribution in [0.25, 0.3) is 0 Å². The maximum absolute atomic E-state index is 14.7. The van der Waals surface area contributed by atoms with Crippen molar-refractivity contribution < 1.29 is 18.0 Å². The molecule has 3 N–H and O–H groups in total. The molecular formula is C20H24F3N5O. The number of alkyl halides is 3. The van der Waals surface area contributed by atoms with Crippen LogP contribution in [0.4, 0.5) is 30.5 Å². The molecule has 2 heterocycles. The van der Waals surface area contributed by atoms with E-state index in [1.54, 1.807) is 13.0 Å². The number of nitrogens with one attached hydrogen (secondary N) is 3. The molecule has 0 saturated heterocycles. The van der Waals surface area contributed by atoms with Gasteiger partial charge in [-0.25, -0.2) is 23.1 Å². The Morgan fingerprint density at radius 3 is 2.52 bits per heavy atom. The molecule has 2 atom stereocenters. The third-order valence-electron chi connectivity index (χ3n) is 5.12. The van der Waals surface area contributed by atoms with E-state index in [4.69, 9.17) is 0 Å². The molecule has 6 nitrogen and oxygen atoms in total. The van der Waals surface area contributed by atoms with Gasteiger partial charge in [0.1, 0.15) is 17.3 Å². The minimum atomic E-state index is -2.98. The van der Waals surface area contributed by atoms with Crippen LogP contribution in [0.1, 0.15) is 49.0 Å². The molecule has 9 heteroatoms. The first-order chi connectivity index (χ1) is 13.6. The first-order valence-electron chi connectivity index (χ1n) is 9.39. The zero-order chi connectivity index (χ0) is 21.2. The van der Waals surface area contributed by atoms with Crippen molar-refractivity contribution in [3.63, 3.8) is 0 Å². The zero-order valence-corrected chi connectivity index (χ0v) is 16.5. The number of nitrogens with zero attached hydrogens (tertiary/aromatic N) is 2. The average Bonchev–Trinajstić information content (AvgIpc) is 2.99. The van der Waals surface area contributed by atoms with Crippen molar-refractivity contribution in [3.05, 3.63) is 41.7 Å². The van der Waals surface area contributed by atoms with E-state index < -0.39 is 17.6 Å². The molecule has 0 aliphatic heterocycles. The van der Waals surface area contributed by atoms with Gasteiger partial charge in [-0.1, -0.05) is 0 Å². The molecule has 1 unspecified atom stereocenters. The maximum Gasteiger partial charge on any atom is 0.272 e. The molecule has 1 aliphatic carbocycles. The van der Waals surface area contributed by atoms with Gasteiger partial charge in [0.2, 0.25) is 0 Å². The summed E-state index contributed by atoms with van der Waals surface area (Å²) >= 11 is 0. The minimum Gasteiger partial charge on any atom is -0.378 e. The van der Waals surface area contributed by atoms with Crippen molar-refractivity contribution in [1.29, 1.82) is 0 Å². The van der Waals surface area contributed by atoms with Crippen molar-refractivity contribution in [2.24, 2.45) is 0 Å². The molecule has 1 amide bonds. The third kappa shape index (κ3) is 4.78. The highest BCUT2D eigenvalue weighted by atomic mass is 19.3. The Hall–Kier alpha value is -2.84. The molecular weight excluding hydrogens is 383 g/mol. The molecule has 0 aromatic carbocycles. The summed E-state index contributed by atoms with van der Waals surface area (Å²) in [5.74, 6) is -2.66. The third-order valence-corrected chi connectivity index (χ3v) is 5.12.